The number of aliphatic hydroxyl groups excluding tert-OH is 1. The fraction of sp³-hybridized carbons (Fsp3) is 0.533. The topological polar surface area (TPSA) is 86.7 Å². The monoisotopic (exact) mass is 344 g/mol. The first-order valence-electron chi connectivity index (χ1n) is 7.44. The lowest BCUT2D eigenvalue weighted by Gasteiger charge is -2.22. The maximum absolute atomic E-state index is 13.4. The number of benzene rings is 1. The first kappa shape index (κ1) is 17.8. The van der Waals surface area contributed by atoms with Gasteiger partial charge in [0.25, 0.3) is 0 Å². The number of nitrogens with zero attached hydrogens (tertiary/aromatic N) is 1. The maximum atomic E-state index is 13.4. The quantitative estimate of drug-likeness (QED) is 0.785. The molecule has 0 aromatic heterocycles. The van der Waals surface area contributed by atoms with Crippen LogP contribution in [0, 0.1) is 0 Å². The van der Waals surface area contributed by atoms with Gasteiger partial charge in [-0.2, -0.15) is 0 Å². The molecule has 1 aromatic carbocycles. The molecule has 23 heavy (non-hydrogen) atoms. The van der Waals surface area contributed by atoms with E-state index in [1.165, 1.54) is 24.1 Å². The van der Waals surface area contributed by atoms with Gasteiger partial charge in [-0.3, -0.25) is 4.79 Å². The third kappa shape index (κ3) is 4.27. The van der Waals surface area contributed by atoms with Crippen LogP contribution in [0.25, 0.3) is 0 Å². The van der Waals surface area contributed by atoms with Gasteiger partial charge in [0, 0.05) is 12.8 Å². The normalized spacial score (nSPS) is 21.6. The number of amides is 1. The number of carbonyl (C=O) groups excluding carboxylic acids is 1. The lowest BCUT2D eigenvalue weighted by Crippen LogP contribution is -2.37. The lowest BCUT2D eigenvalue weighted by molar-refractivity contribution is -0.132. The van der Waals surface area contributed by atoms with Gasteiger partial charge in [0.1, 0.15) is 6.17 Å². The van der Waals surface area contributed by atoms with Gasteiger partial charge >= 0.3 is 0 Å². The molecule has 1 aliphatic heterocycles. The molecule has 6 nitrogen and oxygen atoms in total. The minimum absolute atomic E-state index is 0.0312. The van der Waals surface area contributed by atoms with E-state index >= 15 is 0 Å². The molecule has 128 valence electrons. The Morgan fingerprint density at radius 1 is 1.39 bits per heavy atom. The van der Waals surface area contributed by atoms with Crippen LogP contribution in [-0.4, -0.2) is 56.7 Å². The van der Waals surface area contributed by atoms with Gasteiger partial charge in [0.05, 0.1) is 24.1 Å². The van der Waals surface area contributed by atoms with E-state index in [1.807, 2.05) is 0 Å². The number of aryl methyl sites for hydroxylation is 1. The number of hydrogen-bond donors (Lipinski definition) is 2. The van der Waals surface area contributed by atoms with Crippen molar-refractivity contribution in [2.45, 2.75) is 36.4 Å². The Labute approximate surface area is 135 Å². The number of likely N-dealkylation sites (tertiary alicyclic amines) is 1. The highest BCUT2D eigenvalue weighted by Gasteiger charge is 2.34. The van der Waals surface area contributed by atoms with Crippen molar-refractivity contribution in [3.8, 4) is 0 Å². The second-order valence-corrected chi connectivity index (χ2v) is 7.45. The highest BCUT2D eigenvalue weighted by molar-refractivity contribution is 7.89. The van der Waals surface area contributed by atoms with Crippen molar-refractivity contribution in [1.29, 1.82) is 0 Å². The van der Waals surface area contributed by atoms with E-state index in [0.29, 0.717) is 6.42 Å². The second kappa shape index (κ2) is 7.37. The fourth-order valence-electron chi connectivity index (χ4n) is 2.69. The largest absolute Gasteiger partial charge is 0.394 e. The molecule has 1 aliphatic rings. The molecule has 2 rings (SSSR count). The zero-order valence-electron chi connectivity index (χ0n) is 12.9. The van der Waals surface area contributed by atoms with E-state index in [0.717, 1.165) is 5.56 Å². The molecule has 1 saturated heterocycles. The molecule has 8 heteroatoms. The number of carbonyl (C=O) groups is 1. The second-order valence-electron chi connectivity index (χ2n) is 5.57. The van der Waals surface area contributed by atoms with Crippen molar-refractivity contribution in [2.75, 3.05) is 20.2 Å². The Morgan fingerprint density at radius 3 is 2.61 bits per heavy atom. The summed E-state index contributed by atoms with van der Waals surface area (Å²) in [7, 11) is -2.13. The third-order valence-electron chi connectivity index (χ3n) is 4.02. The summed E-state index contributed by atoms with van der Waals surface area (Å²) >= 11 is 0. The van der Waals surface area contributed by atoms with Crippen molar-refractivity contribution in [3.05, 3.63) is 29.8 Å². The number of alkyl halides is 1. The molecule has 0 unspecified atom stereocenters. The summed E-state index contributed by atoms with van der Waals surface area (Å²) in [6.45, 7) is -0.202. The van der Waals surface area contributed by atoms with Crippen LogP contribution < -0.4 is 4.72 Å². The molecule has 1 fully saturated rings. The molecule has 2 atom stereocenters. The Hall–Kier alpha value is -1.51. The minimum Gasteiger partial charge on any atom is -0.394 e. The van der Waals surface area contributed by atoms with Gasteiger partial charge in [0.2, 0.25) is 15.9 Å². The zero-order chi connectivity index (χ0) is 17.0. The molecule has 1 heterocycles. The van der Waals surface area contributed by atoms with Crippen molar-refractivity contribution in [3.63, 3.8) is 0 Å². The number of aliphatic hydroxyl groups is 1. The highest BCUT2D eigenvalue weighted by atomic mass is 32.2. The van der Waals surface area contributed by atoms with Crippen LogP contribution in [0.15, 0.2) is 29.2 Å². The van der Waals surface area contributed by atoms with E-state index in [1.54, 1.807) is 12.1 Å². The Balaban J connectivity index is 1.94. The van der Waals surface area contributed by atoms with Crippen LogP contribution in [0.2, 0.25) is 0 Å². The third-order valence-corrected chi connectivity index (χ3v) is 5.45. The summed E-state index contributed by atoms with van der Waals surface area (Å²) in [5, 5.41) is 9.20. The number of halogens is 1. The molecule has 0 bridgehead atoms. The fourth-order valence-corrected chi connectivity index (χ4v) is 3.42. The molecule has 1 aromatic rings. The molecule has 0 saturated carbocycles. The Kier molecular flexibility index (Phi) is 5.72. The van der Waals surface area contributed by atoms with Gasteiger partial charge in [0.15, 0.2) is 0 Å². The smallest absolute Gasteiger partial charge is 0.240 e. The van der Waals surface area contributed by atoms with Crippen LogP contribution in [-0.2, 0) is 21.2 Å². The Bertz CT molecular complexity index is 648. The molecule has 0 radical (unpaired) electrons. The van der Waals surface area contributed by atoms with Gasteiger partial charge in [-0.1, -0.05) is 12.1 Å². The Morgan fingerprint density at radius 2 is 2.04 bits per heavy atom. The summed E-state index contributed by atoms with van der Waals surface area (Å²) in [4.78, 5) is 13.7. The van der Waals surface area contributed by atoms with E-state index in [4.69, 9.17) is 0 Å². The molecular formula is C15H21FN2O4S. The zero-order valence-corrected chi connectivity index (χ0v) is 13.7. The van der Waals surface area contributed by atoms with Crippen LogP contribution in [0.1, 0.15) is 18.4 Å². The summed E-state index contributed by atoms with van der Waals surface area (Å²) in [5.74, 6) is -0.198. The van der Waals surface area contributed by atoms with Gasteiger partial charge < -0.3 is 10.0 Å². The number of nitrogens with one attached hydrogen (secondary N) is 1. The lowest BCUT2D eigenvalue weighted by atomic mass is 10.1. The maximum Gasteiger partial charge on any atom is 0.240 e. The molecule has 0 spiro atoms. The summed E-state index contributed by atoms with van der Waals surface area (Å²) < 4.78 is 38.8. The van der Waals surface area contributed by atoms with E-state index < -0.39 is 22.2 Å². The van der Waals surface area contributed by atoms with Crippen LogP contribution in [0.4, 0.5) is 4.39 Å². The molecule has 0 aliphatic carbocycles. The predicted octanol–water partition coefficient (Wildman–Crippen LogP) is 0.459. The predicted molar refractivity (Wildman–Crippen MR) is 83.1 cm³/mol. The first-order valence-corrected chi connectivity index (χ1v) is 8.92. The van der Waals surface area contributed by atoms with Crippen LogP contribution in [0.3, 0.4) is 0 Å². The van der Waals surface area contributed by atoms with Gasteiger partial charge in [-0.15, -0.1) is 0 Å². The number of rotatable bonds is 6. The van der Waals surface area contributed by atoms with Crippen molar-refractivity contribution in [2.24, 2.45) is 0 Å². The van der Waals surface area contributed by atoms with Gasteiger partial charge in [-0.25, -0.2) is 17.5 Å². The number of hydrogen-bond acceptors (Lipinski definition) is 4. The first-order chi connectivity index (χ1) is 10.9. The van der Waals surface area contributed by atoms with E-state index in [-0.39, 0.29) is 36.8 Å². The number of sulfonamides is 1. The minimum atomic E-state index is -3.47. The SMILES string of the molecule is CNS(=O)(=O)c1ccc(CCC(=O)N2C[C@@H](F)C[C@H]2CO)cc1. The molecule has 1 amide bonds. The van der Waals surface area contributed by atoms with Crippen molar-refractivity contribution >= 4 is 15.9 Å². The van der Waals surface area contributed by atoms with E-state index in [9.17, 15) is 22.7 Å². The highest BCUT2D eigenvalue weighted by Crippen LogP contribution is 2.21. The summed E-state index contributed by atoms with van der Waals surface area (Å²) in [6, 6.07) is 5.83. The summed E-state index contributed by atoms with van der Waals surface area (Å²) in [6.07, 6.45) is -0.271. The van der Waals surface area contributed by atoms with Crippen LogP contribution in [0.5, 0.6) is 0 Å². The van der Waals surface area contributed by atoms with E-state index in [2.05, 4.69) is 4.72 Å². The molecular weight excluding hydrogens is 323 g/mol. The average Bonchev–Trinajstić information content (AvgIpc) is 2.94. The van der Waals surface area contributed by atoms with Crippen molar-refractivity contribution < 1.29 is 22.7 Å². The van der Waals surface area contributed by atoms with Crippen LogP contribution >= 0.6 is 0 Å². The molecule has 2 N–H and O–H groups in total. The van der Waals surface area contributed by atoms with Crippen molar-refractivity contribution in [1.82, 2.24) is 9.62 Å². The standard InChI is InChI=1S/C15H21FN2O4S/c1-17-23(21,22)14-5-2-11(3-6-14)4-7-15(20)18-9-12(16)8-13(18)10-19/h2-3,5-6,12-13,17,19H,4,7-10H2,1H3/t12-,13-/m0/s1. The average molecular weight is 344 g/mol. The summed E-state index contributed by atoms with van der Waals surface area (Å²) in [5.41, 5.74) is 0.824. The van der Waals surface area contributed by atoms with Gasteiger partial charge in [-0.05, 0) is 31.2 Å².